The minimum absolute atomic E-state index is 0.143. The summed E-state index contributed by atoms with van der Waals surface area (Å²) in [6, 6.07) is 0.257. The summed E-state index contributed by atoms with van der Waals surface area (Å²) in [5.74, 6) is -0.143. The minimum Gasteiger partial charge on any atom is -0.465 e. The van der Waals surface area contributed by atoms with E-state index in [1.54, 1.807) is 0 Å². The maximum Gasteiger partial charge on any atom is 0.326 e. The van der Waals surface area contributed by atoms with Gasteiger partial charge in [0.05, 0.1) is 19.8 Å². The molecule has 0 bridgehead atoms. The molecule has 1 aliphatic heterocycles. The van der Waals surface area contributed by atoms with Gasteiger partial charge in [0.15, 0.2) is 0 Å². The molecule has 5 nitrogen and oxygen atoms in total. The average Bonchev–Trinajstić information content (AvgIpc) is 2.39. The van der Waals surface area contributed by atoms with E-state index in [-0.39, 0.29) is 12.0 Å². The van der Waals surface area contributed by atoms with Gasteiger partial charge in [-0.25, -0.2) is 0 Å². The van der Waals surface area contributed by atoms with Crippen LogP contribution >= 0.6 is 0 Å². The zero-order valence-electron chi connectivity index (χ0n) is 13.4. The molecule has 0 radical (unpaired) electrons. The molecular weight excluding hydrogens is 256 g/mol. The molecule has 1 atom stereocenters. The van der Waals surface area contributed by atoms with Crippen LogP contribution in [0, 0.1) is 0 Å². The lowest BCUT2D eigenvalue weighted by molar-refractivity contribution is -0.151. The molecule has 1 saturated heterocycles. The molecule has 5 heteroatoms. The third kappa shape index (κ3) is 5.77. The van der Waals surface area contributed by atoms with E-state index >= 15 is 0 Å². The maximum absolute atomic E-state index is 12.2. The largest absolute Gasteiger partial charge is 0.465 e. The molecule has 1 aliphatic rings. The summed E-state index contributed by atoms with van der Waals surface area (Å²) in [5.41, 5.74) is -0.587. The van der Waals surface area contributed by atoms with Crippen LogP contribution in [0.15, 0.2) is 0 Å². The second-order valence-electron chi connectivity index (χ2n) is 5.91. The lowest BCUT2D eigenvalue weighted by Gasteiger charge is -2.32. The van der Waals surface area contributed by atoms with Crippen LogP contribution in [-0.2, 0) is 14.3 Å². The first-order chi connectivity index (χ1) is 9.48. The number of carbonyl (C=O) groups is 1. The van der Waals surface area contributed by atoms with Crippen LogP contribution in [0.3, 0.4) is 0 Å². The van der Waals surface area contributed by atoms with Crippen molar-refractivity contribution in [3.63, 3.8) is 0 Å². The zero-order valence-corrected chi connectivity index (χ0v) is 13.4. The fraction of sp³-hybridized carbons (Fsp3) is 0.933. The number of nitrogens with one attached hydrogen (secondary N) is 1. The van der Waals surface area contributed by atoms with Gasteiger partial charge in [-0.2, -0.15) is 0 Å². The number of hydrogen-bond acceptors (Lipinski definition) is 5. The first-order valence-corrected chi connectivity index (χ1v) is 7.73. The molecule has 0 aromatic rings. The molecule has 0 aromatic heterocycles. The van der Waals surface area contributed by atoms with Crippen LogP contribution in [0.25, 0.3) is 0 Å². The molecule has 0 amide bonds. The monoisotopic (exact) mass is 286 g/mol. The molecule has 0 aliphatic carbocycles. The van der Waals surface area contributed by atoms with Crippen LogP contribution in [0.5, 0.6) is 0 Å². The summed E-state index contributed by atoms with van der Waals surface area (Å²) in [5, 5.41) is 3.36. The van der Waals surface area contributed by atoms with Crippen molar-refractivity contribution in [1.82, 2.24) is 10.2 Å². The van der Waals surface area contributed by atoms with Crippen molar-refractivity contribution in [3.8, 4) is 0 Å². The first kappa shape index (κ1) is 17.4. The van der Waals surface area contributed by atoms with Crippen molar-refractivity contribution in [2.75, 3.05) is 39.5 Å². The van der Waals surface area contributed by atoms with Gasteiger partial charge < -0.3 is 9.47 Å². The van der Waals surface area contributed by atoms with E-state index in [0.29, 0.717) is 6.61 Å². The number of morpholine rings is 1. The summed E-state index contributed by atoms with van der Waals surface area (Å²) >= 11 is 0. The zero-order chi connectivity index (χ0) is 15.0. The predicted octanol–water partition coefficient (Wildman–Crippen LogP) is 1.42. The molecule has 20 heavy (non-hydrogen) atoms. The summed E-state index contributed by atoms with van der Waals surface area (Å²) < 4.78 is 10.6. The normalized spacial score (nSPS) is 19.9. The van der Waals surface area contributed by atoms with Crippen molar-refractivity contribution in [1.29, 1.82) is 0 Å². The summed E-state index contributed by atoms with van der Waals surface area (Å²) in [6.45, 7) is 13.0. The van der Waals surface area contributed by atoms with E-state index in [9.17, 15) is 4.79 Å². The molecule has 0 spiro atoms. The topological polar surface area (TPSA) is 50.8 Å². The van der Waals surface area contributed by atoms with Gasteiger partial charge in [0.1, 0.15) is 5.54 Å². The van der Waals surface area contributed by atoms with E-state index in [0.717, 1.165) is 45.7 Å². The molecule has 0 aromatic carbocycles. The van der Waals surface area contributed by atoms with Crippen LogP contribution in [-0.4, -0.2) is 61.9 Å². The average molecular weight is 286 g/mol. The third-order valence-corrected chi connectivity index (χ3v) is 3.59. The summed E-state index contributed by atoms with van der Waals surface area (Å²) in [6.07, 6.45) is 1.77. The Labute approximate surface area is 123 Å². The Balaban J connectivity index is 2.44. The van der Waals surface area contributed by atoms with Gasteiger partial charge in [-0.3, -0.25) is 15.0 Å². The lowest BCUT2D eigenvalue weighted by Crippen LogP contribution is -2.53. The molecule has 0 saturated carbocycles. The predicted molar refractivity (Wildman–Crippen MR) is 79.8 cm³/mol. The highest BCUT2D eigenvalue weighted by Crippen LogP contribution is 2.17. The highest BCUT2D eigenvalue weighted by molar-refractivity contribution is 5.80. The van der Waals surface area contributed by atoms with Gasteiger partial charge in [-0.05, 0) is 47.1 Å². The Hall–Kier alpha value is -0.650. The van der Waals surface area contributed by atoms with Gasteiger partial charge in [0.2, 0.25) is 0 Å². The van der Waals surface area contributed by atoms with Crippen molar-refractivity contribution in [2.45, 2.75) is 52.1 Å². The Morgan fingerprint density at radius 1 is 1.40 bits per heavy atom. The minimum atomic E-state index is -0.587. The van der Waals surface area contributed by atoms with E-state index in [1.807, 2.05) is 13.8 Å². The molecular formula is C15H30N2O3. The van der Waals surface area contributed by atoms with Crippen LogP contribution in [0.4, 0.5) is 0 Å². The second-order valence-corrected chi connectivity index (χ2v) is 5.91. The Morgan fingerprint density at radius 3 is 2.60 bits per heavy atom. The fourth-order valence-corrected chi connectivity index (χ4v) is 2.64. The van der Waals surface area contributed by atoms with Gasteiger partial charge in [0.25, 0.3) is 0 Å². The smallest absolute Gasteiger partial charge is 0.326 e. The molecule has 118 valence electrons. The van der Waals surface area contributed by atoms with Gasteiger partial charge >= 0.3 is 5.97 Å². The lowest BCUT2D eigenvalue weighted by atomic mass is 9.94. The second kappa shape index (κ2) is 8.60. The van der Waals surface area contributed by atoms with Crippen molar-refractivity contribution in [2.24, 2.45) is 0 Å². The highest BCUT2D eigenvalue weighted by atomic mass is 16.5. The molecule has 1 rings (SSSR count). The Bertz CT molecular complexity index is 291. The van der Waals surface area contributed by atoms with Gasteiger partial charge in [0, 0.05) is 19.1 Å². The number of ether oxygens (including phenoxy) is 2. The number of carbonyl (C=O) groups excluding carboxylic acids is 1. The van der Waals surface area contributed by atoms with Crippen LogP contribution < -0.4 is 5.32 Å². The van der Waals surface area contributed by atoms with Crippen LogP contribution in [0.2, 0.25) is 0 Å². The number of hydrogen-bond donors (Lipinski definition) is 1. The third-order valence-electron chi connectivity index (χ3n) is 3.59. The van der Waals surface area contributed by atoms with Crippen molar-refractivity contribution in [3.05, 3.63) is 0 Å². The van der Waals surface area contributed by atoms with E-state index in [1.165, 1.54) is 0 Å². The van der Waals surface area contributed by atoms with Crippen LogP contribution in [0.1, 0.15) is 40.5 Å². The van der Waals surface area contributed by atoms with Gasteiger partial charge in [-0.15, -0.1) is 0 Å². The standard InChI is InChI=1S/C15H30N2O3/c1-5-20-14(18)15(4,16-13(2)3)7-6-8-17-9-11-19-12-10-17/h13,16H,5-12H2,1-4H3. The quantitative estimate of drug-likeness (QED) is 0.684. The molecule has 1 heterocycles. The number of rotatable bonds is 8. The molecule has 1 N–H and O–H groups in total. The first-order valence-electron chi connectivity index (χ1n) is 7.73. The van der Waals surface area contributed by atoms with E-state index in [4.69, 9.17) is 9.47 Å². The summed E-state index contributed by atoms with van der Waals surface area (Å²) in [4.78, 5) is 14.6. The molecule has 1 fully saturated rings. The van der Waals surface area contributed by atoms with Crippen molar-refractivity contribution >= 4 is 5.97 Å². The van der Waals surface area contributed by atoms with Crippen molar-refractivity contribution < 1.29 is 14.3 Å². The number of nitrogens with zero attached hydrogens (tertiary/aromatic N) is 1. The fourth-order valence-electron chi connectivity index (χ4n) is 2.64. The highest BCUT2D eigenvalue weighted by Gasteiger charge is 2.34. The SMILES string of the molecule is CCOC(=O)C(C)(CCCN1CCOCC1)NC(C)C. The van der Waals surface area contributed by atoms with E-state index < -0.39 is 5.54 Å². The van der Waals surface area contributed by atoms with Gasteiger partial charge in [-0.1, -0.05) is 0 Å². The van der Waals surface area contributed by atoms with E-state index in [2.05, 4.69) is 24.1 Å². The Morgan fingerprint density at radius 2 is 2.05 bits per heavy atom. The Kier molecular flexibility index (Phi) is 7.48. The maximum atomic E-state index is 12.2. The number of esters is 1. The molecule has 1 unspecified atom stereocenters. The summed E-state index contributed by atoms with van der Waals surface area (Å²) in [7, 11) is 0.